The number of aliphatic hydroxyl groups is 1. The summed E-state index contributed by atoms with van der Waals surface area (Å²) in [6.45, 7) is 0.980. The highest BCUT2D eigenvalue weighted by Crippen LogP contribution is 2.41. The molecular weight excluding hydrogens is 599 g/mol. The summed E-state index contributed by atoms with van der Waals surface area (Å²) in [4.78, 5) is 15.5. The number of fused-ring (bicyclic) bond motifs is 1. The van der Waals surface area contributed by atoms with Crippen molar-refractivity contribution in [1.29, 1.82) is 0 Å². The van der Waals surface area contributed by atoms with Gasteiger partial charge in [0.2, 0.25) is 15.5 Å². The van der Waals surface area contributed by atoms with Gasteiger partial charge >= 0.3 is 0 Å². The number of pyridine rings is 1. The summed E-state index contributed by atoms with van der Waals surface area (Å²) >= 11 is 0. The Bertz CT molecular complexity index is 1780. The lowest BCUT2D eigenvalue weighted by Gasteiger charge is -2.38. The molecule has 0 amide bonds. The van der Waals surface area contributed by atoms with Crippen LogP contribution in [0, 0.1) is 11.7 Å². The van der Waals surface area contributed by atoms with E-state index in [0.717, 1.165) is 24.8 Å². The second-order valence-electron chi connectivity index (χ2n) is 11.9. The van der Waals surface area contributed by atoms with Crippen molar-refractivity contribution in [1.82, 2.24) is 9.29 Å². The van der Waals surface area contributed by atoms with Crippen LogP contribution in [0.5, 0.6) is 5.75 Å². The van der Waals surface area contributed by atoms with E-state index >= 15 is 0 Å². The first kappa shape index (κ1) is 30.2. The van der Waals surface area contributed by atoms with Gasteiger partial charge in [-0.3, -0.25) is 4.79 Å². The number of sulfonamides is 1. The van der Waals surface area contributed by atoms with Gasteiger partial charge in [-0.25, -0.2) is 21.2 Å². The third-order valence-corrected chi connectivity index (χ3v) is 13.0. The number of aromatic amines is 1. The fraction of sp³-hybridized carbons (Fsp3) is 0.500. The minimum atomic E-state index is -4.06. The molecule has 13 heteroatoms. The molecule has 1 aromatic heterocycles. The van der Waals surface area contributed by atoms with Gasteiger partial charge < -0.3 is 19.6 Å². The molecule has 1 saturated carbocycles. The molecule has 6 rings (SSSR count). The minimum Gasteiger partial charge on any atom is -0.491 e. The Kier molecular flexibility index (Phi) is 8.14. The van der Waals surface area contributed by atoms with Crippen LogP contribution in [0.4, 0.5) is 4.39 Å². The monoisotopic (exact) mass is 634 g/mol. The van der Waals surface area contributed by atoms with Gasteiger partial charge in [-0.2, -0.15) is 4.31 Å². The number of hydrogen-bond donors (Lipinski definition) is 2. The van der Waals surface area contributed by atoms with Crippen molar-refractivity contribution < 1.29 is 35.8 Å². The van der Waals surface area contributed by atoms with Gasteiger partial charge in [-0.05, 0) is 87.3 Å². The SMILES string of the molecule is O=c1c(S(=O)(=O)N2CCC3(CC2)C[C@@H](CC[C@H](O)COc2cccc(S(=O)(=O)C4CC4)c2)CO3)c[nH]c2cc(F)ccc12. The fourth-order valence-electron chi connectivity index (χ4n) is 6.13. The molecule has 1 aliphatic carbocycles. The topological polar surface area (TPSA) is 143 Å². The molecule has 3 aromatic rings. The van der Waals surface area contributed by atoms with E-state index in [0.29, 0.717) is 50.9 Å². The molecular formula is C30H35FN2O8S2. The third-order valence-electron chi connectivity index (χ3n) is 8.79. The molecule has 2 aliphatic heterocycles. The fourth-order valence-corrected chi connectivity index (χ4v) is 9.31. The van der Waals surface area contributed by atoms with E-state index in [4.69, 9.17) is 9.47 Å². The van der Waals surface area contributed by atoms with Gasteiger partial charge in [0.1, 0.15) is 23.1 Å². The van der Waals surface area contributed by atoms with Gasteiger partial charge in [0.15, 0.2) is 9.84 Å². The number of H-pyrrole nitrogens is 1. The lowest BCUT2D eigenvalue weighted by Crippen LogP contribution is -2.47. The number of rotatable bonds is 10. The standard InChI is InChI=1S/C30H35FN2O8S2/c31-21-5-9-26-27(14-21)32-17-28(29(26)35)43(38,39)33-12-10-30(11-13-33)16-20(18-41-30)4-6-22(34)19-40-23-2-1-3-25(15-23)42(36,37)24-7-8-24/h1-3,5,9,14-15,17,20,22,24,34H,4,6-8,10-13,16,18-19H2,(H,32,35)/t20-,22+/m1/s1. The number of hydrogen-bond acceptors (Lipinski definition) is 8. The molecule has 2 saturated heterocycles. The molecule has 0 bridgehead atoms. The molecule has 3 fully saturated rings. The number of piperidine rings is 1. The van der Waals surface area contributed by atoms with Crippen LogP contribution in [0.15, 0.2) is 63.2 Å². The van der Waals surface area contributed by atoms with Crippen LogP contribution in [-0.2, 0) is 24.6 Å². The second kappa shape index (κ2) is 11.6. The van der Waals surface area contributed by atoms with E-state index in [-0.39, 0.29) is 51.6 Å². The Labute approximate surface area is 249 Å². The molecule has 2 N–H and O–H groups in total. The summed E-state index contributed by atoms with van der Waals surface area (Å²) in [5, 5.41) is 10.3. The van der Waals surface area contributed by atoms with Crippen molar-refractivity contribution in [3.05, 3.63) is 64.7 Å². The summed E-state index contributed by atoms with van der Waals surface area (Å²) in [6, 6.07) is 9.96. The van der Waals surface area contributed by atoms with E-state index in [1.165, 1.54) is 16.4 Å². The Hall–Kier alpha value is -2.84. The van der Waals surface area contributed by atoms with E-state index in [2.05, 4.69) is 4.98 Å². The van der Waals surface area contributed by atoms with Crippen molar-refractivity contribution >= 4 is 30.8 Å². The number of ether oxygens (including phenoxy) is 2. The highest BCUT2D eigenvalue weighted by Gasteiger charge is 2.45. The van der Waals surface area contributed by atoms with Gasteiger partial charge in [0.25, 0.3) is 0 Å². The summed E-state index contributed by atoms with van der Waals surface area (Å²) < 4.78 is 78.4. The molecule has 10 nitrogen and oxygen atoms in total. The highest BCUT2D eigenvalue weighted by molar-refractivity contribution is 7.92. The minimum absolute atomic E-state index is 0.0430. The average molecular weight is 635 g/mol. The molecule has 3 heterocycles. The molecule has 43 heavy (non-hydrogen) atoms. The smallest absolute Gasteiger partial charge is 0.248 e. The van der Waals surface area contributed by atoms with Crippen LogP contribution in [0.3, 0.4) is 0 Å². The molecule has 0 unspecified atom stereocenters. The summed E-state index contributed by atoms with van der Waals surface area (Å²) in [5.41, 5.74) is -0.874. The van der Waals surface area contributed by atoms with Gasteiger partial charge in [-0.1, -0.05) is 6.07 Å². The number of nitrogens with zero attached hydrogens (tertiary/aromatic N) is 1. The molecule has 0 radical (unpaired) electrons. The van der Waals surface area contributed by atoms with Crippen LogP contribution in [0.1, 0.15) is 44.9 Å². The maximum atomic E-state index is 13.5. The Morgan fingerprint density at radius 3 is 2.63 bits per heavy atom. The molecule has 2 atom stereocenters. The largest absolute Gasteiger partial charge is 0.491 e. The summed E-state index contributed by atoms with van der Waals surface area (Å²) in [7, 11) is -7.38. The van der Waals surface area contributed by atoms with E-state index in [1.807, 2.05) is 0 Å². The lowest BCUT2D eigenvalue weighted by molar-refractivity contribution is -0.0314. The molecule has 3 aliphatic rings. The normalized spacial score (nSPS) is 21.8. The quantitative estimate of drug-likeness (QED) is 0.346. The van der Waals surface area contributed by atoms with Gasteiger partial charge in [0, 0.05) is 24.7 Å². The average Bonchev–Trinajstić information content (AvgIpc) is 3.78. The zero-order valence-corrected chi connectivity index (χ0v) is 25.2. The second-order valence-corrected chi connectivity index (χ2v) is 16.0. The first-order chi connectivity index (χ1) is 20.5. The van der Waals surface area contributed by atoms with Crippen LogP contribution < -0.4 is 10.2 Å². The first-order valence-electron chi connectivity index (χ1n) is 14.6. The Balaban J connectivity index is 0.991. The van der Waals surface area contributed by atoms with Gasteiger partial charge in [0.05, 0.1) is 34.0 Å². The van der Waals surface area contributed by atoms with Crippen LogP contribution >= 0.6 is 0 Å². The van der Waals surface area contributed by atoms with Gasteiger partial charge in [-0.15, -0.1) is 0 Å². The zero-order valence-electron chi connectivity index (χ0n) is 23.6. The van der Waals surface area contributed by atoms with Crippen molar-refractivity contribution in [2.75, 3.05) is 26.3 Å². The third kappa shape index (κ3) is 6.23. The van der Waals surface area contributed by atoms with Crippen LogP contribution in [-0.4, -0.2) is 74.5 Å². The zero-order chi connectivity index (χ0) is 30.4. The molecule has 1 spiro atoms. The van der Waals surface area contributed by atoms with Crippen molar-refractivity contribution in [2.24, 2.45) is 5.92 Å². The summed E-state index contributed by atoms with van der Waals surface area (Å²) in [6.07, 6.45) is 4.69. The van der Waals surface area contributed by atoms with Crippen LogP contribution in [0.25, 0.3) is 10.9 Å². The van der Waals surface area contributed by atoms with Crippen molar-refractivity contribution in [3.63, 3.8) is 0 Å². The number of benzene rings is 2. The first-order valence-corrected chi connectivity index (χ1v) is 17.6. The number of nitrogens with one attached hydrogen (secondary N) is 1. The molecule has 232 valence electrons. The predicted molar refractivity (Wildman–Crippen MR) is 157 cm³/mol. The van der Waals surface area contributed by atoms with Crippen LogP contribution in [0.2, 0.25) is 0 Å². The number of aliphatic hydroxyl groups excluding tert-OH is 1. The van der Waals surface area contributed by atoms with E-state index in [9.17, 15) is 31.1 Å². The van der Waals surface area contributed by atoms with E-state index in [1.54, 1.807) is 18.2 Å². The predicted octanol–water partition coefficient (Wildman–Crippen LogP) is 3.38. The Morgan fingerprint density at radius 1 is 1.12 bits per heavy atom. The Morgan fingerprint density at radius 2 is 1.88 bits per heavy atom. The lowest BCUT2D eigenvalue weighted by atomic mass is 9.84. The van der Waals surface area contributed by atoms with E-state index < -0.39 is 42.8 Å². The van der Waals surface area contributed by atoms with Crippen molar-refractivity contribution in [3.8, 4) is 5.75 Å². The number of sulfone groups is 1. The number of aromatic nitrogens is 1. The maximum absolute atomic E-state index is 13.5. The molecule has 2 aromatic carbocycles. The highest BCUT2D eigenvalue weighted by atomic mass is 32.2. The number of halogens is 1. The summed E-state index contributed by atoms with van der Waals surface area (Å²) in [5.74, 6) is 0.0840. The maximum Gasteiger partial charge on any atom is 0.248 e. The van der Waals surface area contributed by atoms with Crippen molar-refractivity contribution in [2.45, 2.75) is 71.7 Å².